The van der Waals surface area contributed by atoms with Crippen LogP contribution in [0, 0.1) is 0 Å². The molecule has 4 heterocycles. The van der Waals surface area contributed by atoms with Crippen LogP contribution in [0.2, 0.25) is 0 Å². The van der Waals surface area contributed by atoms with E-state index in [0.717, 1.165) is 63.8 Å². The fourth-order valence-corrected chi connectivity index (χ4v) is 3.65. The molecular weight excluding hydrogens is 302 g/mol. The van der Waals surface area contributed by atoms with Crippen molar-refractivity contribution in [3.8, 4) is 0 Å². The maximum atomic E-state index is 6.23. The lowest BCUT2D eigenvalue weighted by atomic mass is 9.89. The molecule has 4 rings (SSSR count). The van der Waals surface area contributed by atoms with Gasteiger partial charge in [-0.2, -0.15) is 0 Å². The molecule has 1 spiro atoms. The molecule has 2 aromatic rings. The summed E-state index contributed by atoms with van der Waals surface area (Å²) < 4.78 is 6.23. The normalized spacial score (nSPS) is 21.1. The first-order valence-corrected chi connectivity index (χ1v) is 8.61. The zero-order chi connectivity index (χ0) is 16.2. The van der Waals surface area contributed by atoms with Crippen LogP contribution in [0.4, 0.5) is 5.95 Å². The minimum atomic E-state index is -0.0295. The van der Waals surface area contributed by atoms with Crippen LogP contribution in [-0.4, -0.2) is 58.2 Å². The van der Waals surface area contributed by atoms with Crippen molar-refractivity contribution in [2.24, 2.45) is 0 Å². The first kappa shape index (κ1) is 15.5. The van der Waals surface area contributed by atoms with E-state index >= 15 is 0 Å². The number of piperidine rings is 1. The van der Waals surface area contributed by atoms with Crippen molar-refractivity contribution in [3.63, 3.8) is 0 Å². The molecule has 24 heavy (non-hydrogen) atoms. The predicted octanol–water partition coefficient (Wildman–Crippen LogP) is 1.74. The number of rotatable bonds is 3. The van der Waals surface area contributed by atoms with Gasteiger partial charge < -0.3 is 9.64 Å². The predicted molar refractivity (Wildman–Crippen MR) is 91.7 cm³/mol. The maximum Gasteiger partial charge on any atom is 0.225 e. The van der Waals surface area contributed by atoms with Gasteiger partial charge in [-0.3, -0.25) is 9.88 Å². The van der Waals surface area contributed by atoms with Crippen LogP contribution >= 0.6 is 0 Å². The summed E-state index contributed by atoms with van der Waals surface area (Å²) in [5.74, 6) is 0.827. The van der Waals surface area contributed by atoms with Crippen LogP contribution in [0.15, 0.2) is 42.9 Å². The molecule has 0 unspecified atom stereocenters. The molecule has 126 valence electrons. The average Bonchev–Trinajstić information content (AvgIpc) is 2.64. The van der Waals surface area contributed by atoms with E-state index in [4.69, 9.17) is 4.74 Å². The third kappa shape index (κ3) is 3.39. The molecule has 0 N–H and O–H groups in total. The number of hydrogen-bond donors (Lipinski definition) is 0. The summed E-state index contributed by atoms with van der Waals surface area (Å²) in [4.78, 5) is 17.9. The SMILES string of the molecule is c1ccc(CN2CCOC3(CCN(c4ncccn4)CC3)C2)nc1. The van der Waals surface area contributed by atoms with Crippen LogP contribution in [0.5, 0.6) is 0 Å². The zero-order valence-corrected chi connectivity index (χ0v) is 13.8. The summed E-state index contributed by atoms with van der Waals surface area (Å²) in [5.41, 5.74) is 1.10. The summed E-state index contributed by atoms with van der Waals surface area (Å²) in [6.07, 6.45) is 7.51. The van der Waals surface area contributed by atoms with E-state index in [1.807, 2.05) is 18.3 Å². The molecule has 2 fully saturated rings. The van der Waals surface area contributed by atoms with Crippen molar-refractivity contribution >= 4 is 5.95 Å². The standard InChI is InChI=1S/C18H23N5O/c1-2-7-19-16(4-1)14-22-12-13-24-18(15-22)5-10-23(11-6-18)17-20-8-3-9-21-17/h1-4,7-9H,5-6,10-15H2. The first-order chi connectivity index (χ1) is 11.8. The highest BCUT2D eigenvalue weighted by Crippen LogP contribution is 2.31. The highest BCUT2D eigenvalue weighted by molar-refractivity contribution is 5.29. The van der Waals surface area contributed by atoms with Gasteiger partial charge in [0.1, 0.15) is 0 Å². The largest absolute Gasteiger partial charge is 0.372 e. The quantitative estimate of drug-likeness (QED) is 0.857. The van der Waals surface area contributed by atoms with Gasteiger partial charge in [0.2, 0.25) is 5.95 Å². The van der Waals surface area contributed by atoms with Gasteiger partial charge in [0.15, 0.2) is 0 Å². The third-order valence-electron chi connectivity index (χ3n) is 4.95. The molecule has 2 aliphatic rings. The Balaban J connectivity index is 1.38. The van der Waals surface area contributed by atoms with Gasteiger partial charge >= 0.3 is 0 Å². The van der Waals surface area contributed by atoms with Gasteiger partial charge in [-0.05, 0) is 31.0 Å². The molecule has 2 aromatic heterocycles. The number of ether oxygens (including phenoxy) is 1. The lowest BCUT2D eigenvalue weighted by Gasteiger charge is -2.47. The molecule has 0 atom stereocenters. The molecule has 2 aliphatic heterocycles. The number of pyridine rings is 1. The van der Waals surface area contributed by atoms with Crippen LogP contribution in [0.3, 0.4) is 0 Å². The molecule has 0 radical (unpaired) electrons. The maximum absolute atomic E-state index is 6.23. The molecule has 0 aliphatic carbocycles. The zero-order valence-electron chi connectivity index (χ0n) is 13.8. The second kappa shape index (κ2) is 6.83. The van der Waals surface area contributed by atoms with E-state index in [1.54, 1.807) is 12.4 Å². The molecule has 0 saturated carbocycles. The molecule has 0 amide bonds. The molecule has 6 nitrogen and oxygen atoms in total. The van der Waals surface area contributed by atoms with Gasteiger partial charge in [0.05, 0.1) is 17.9 Å². The number of aromatic nitrogens is 3. The molecular formula is C18H23N5O. The van der Waals surface area contributed by atoms with Crippen molar-refractivity contribution in [2.45, 2.75) is 25.0 Å². The van der Waals surface area contributed by atoms with E-state index in [1.165, 1.54) is 0 Å². The van der Waals surface area contributed by atoms with Crippen molar-refractivity contribution in [1.82, 2.24) is 19.9 Å². The Bertz CT molecular complexity index is 643. The number of morpholine rings is 1. The summed E-state index contributed by atoms with van der Waals surface area (Å²) >= 11 is 0. The summed E-state index contributed by atoms with van der Waals surface area (Å²) in [6, 6.07) is 7.97. The molecule has 0 aromatic carbocycles. The molecule has 2 saturated heterocycles. The smallest absolute Gasteiger partial charge is 0.225 e. The summed E-state index contributed by atoms with van der Waals surface area (Å²) in [6.45, 7) is 5.55. The second-order valence-corrected chi connectivity index (χ2v) is 6.60. The number of hydrogen-bond acceptors (Lipinski definition) is 6. The molecule has 6 heteroatoms. The minimum absolute atomic E-state index is 0.0295. The van der Waals surface area contributed by atoms with E-state index in [2.05, 4.69) is 36.9 Å². The van der Waals surface area contributed by atoms with E-state index in [0.29, 0.717) is 0 Å². The Morgan fingerprint density at radius 3 is 2.50 bits per heavy atom. The highest BCUT2D eigenvalue weighted by Gasteiger charge is 2.40. The lowest BCUT2D eigenvalue weighted by Crippen LogP contribution is -2.56. The van der Waals surface area contributed by atoms with Gasteiger partial charge in [0.25, 0.3) is 0 Å². The fourth-order valence-electron chi connectivity index (χ4n) is 3.65. The minimum Gasteiger partial charge on any atom is -0.372 e. The number of nitrogens with zero attached hydrogens (tertiary/aromatic N) is 5. The van der Waals surface area contributed by atoms with E-state index < -0.39 is 0 Å². The van der Waals surface area contributed by atoms with E-state index in [9.17, 15) is 0 Å². The fraction of sp³-hybridized carbons (Fsp3) is 0.500. The summed E-state index contributed by atoms with van der Waals surface area (Å²) in [5, 5.41) is 0. The Morgan fingerprint density at radius 2 is 1.75 bits per heavy atom. The van der Waals surface area contributed by atoms with Crippen molar-refractivity contribution < 1.29 is 4.74 Å². The van der Waals surface area contributed by atoms with Crippen LogP contribution in [0.25, 0.3) is 0 Å². The van der Waals surface area contributed by atoms with Crippen molar-refractivity contribution in [3.05, 3.63) is 48.5 Å². The Labute approximate surface area is 142 Å². The Hall–Kier alpha value is -2.05. The third-order valence-corrected chi connectivity index (χ3v) is 4.95. The highest BCUT2D eigenvalue weighted by atomic mass is 16.5. The van der Waals surface area contributed by atoms with Crippen LogP contribution in [0.1, 0.15) is 18.5 Å². The topological polar surface area (TPSA) is 54.4 Å². The van der Waals surface area contributed by atoms with Crippen molar-refractivity contribution in [2.75, 3.05) is 37.7 Å². The Morgan fingerprint density at radius 1 is 0.958 bits per heavy atom. The van der Waals surface area contributed by atoms with Gasteiger partial charge in [-0.1, -0.05) is 6.07 Å². The van der Waals surface area contributed by atoms with Crippen molar-refractivity contribution in [1.29, 1.82) is 0 Å². The second-order valence-electron chi connectivity index (χ2n) is 6.60. The van der Waals surface area contributed by atoms with E-state index in [-0.39, 0.29) is 5.60 Å². The van der Waals surface area contributed by atoms with Gasteiger partial charge in [-0.25, -0.2) is 9.97 Å². The van der Waals surface area contributed by atoms with Gasteiger partial charge in [0, 0.05) is 51.3 Å². The Kier molecular flexibility index (Phi) is 4.40. The number of anilines is 1. The monoisotopic (exact) mass is 325 g/mol. The lowest BCUT2D eigenvalue weighted by molar-refractivity contribution is -0.123. The molecule has 0 bridgehead atoms. The van der Waals surface area contributed by atoms with Crippen LogP contribution < -0.4 is 4.90 Å². The van der Waals surface area contributed by atoms with Gasteiger partial charge in [-0.15, -0.1) is 0 Å². The summed E-state index contributed by atoms with van der Waals surface area (Å²) in [7, 11) is 0. The first-order valence-electron chi connectivity index (χ1n) is 8.61. The van der Waals surface area contributed by atoms with Crippen LogP contribution in [-0.2, 0) is 11.3 Å². The average molecular weight is 325 g/mol.